The van der Waals surface area contributed by atoms with E-state index in [9.17, 15) is 24.3 Å². The van der Waals surface area contributed by atoms with E-state index in [1.165, 1.54) is 4.90 Å². The smallest absolute Gasteiger partial charge is 0.326 e. The third-order valence-corrected chi connectivity index (χ3v) is 5.81. The Bertz CT molecular complexity index is 989. The van der Waals surface area contributed by atoms with E-state index in [4.69, 9.17) is 0 Å². The molecule has 2 N–H and O–H groups in total. The number of carbonyl (C=O) groups is 4. The van der Waals surface area contributed by atoms with Gasteiger partial charge in [-0.3, -0.25) is 14.4 Å². The normalized spacial score (nSPS) is 16.4. The minimum atomic E-state index is -1.02. The standard InChI is InChI=1S/C25H28N2O5/c1-17-8-5-6-11-19(17)24(30)26-20(16-18-9-3-2-4-10-18)22(28)13-14-23(29)27-15-7-12-21(27)25(31)32/h2-6,8-11,20-21H,7,12-16H2,1H3,(H,26,30)(H,31,32)/t20?,21-/m0/s1. The second-order valence-electron chi connectivity index (χ2n) is 8.08. The molecule has 0 saturated carbocycles. The van der Waals surface area contributed by atoms with Gasteiger partial charge in [0.1, 0.15) is 6.04 Å². The maximum absolute atomic E-state index is 13.0. The van der Waals surface area contributed by atoms with Crippen LogP contribution < -0.4 is 5.32 Å². The monoisotopic (exact) mass is 436 g/mol. The van der Waals surface area contributed by atoms with Gasteiger partial charge in [-0.2, -0.15) is 0 Å². The first-order valence-corrected chi connectivity index (χ1v) is 10.8. The Morgan fingerprint density at radius 1 is 1.03 bits per heavy atom. The number of aliphatic carboxylic acids is 1. The van der Waals surface area contributed by atoms with Crippen molar-refractivity contribution in [2.45, 2.75) is 51.1 Å². The highest BCUT2D eigenvalue weighted by Gasteiger charge is 2.34. The predicted octanol–water partition coefficient (Wildman–Crippen LogP) is 2.76. The molecule has 2 atom stereocenters. The van der Waals surface area contributed by atoms with Crippen LogP contribution in [-0.4, -0.2) is 52.2 Å². The number of hydrogen-bond acceptors (Lipinski definition) is 4. The molecule has 2 aromatic rings. The van der Waals surface area contributed by atoms with Crippen molar-refractivity contribution in [3.05, 3.63) is 71.3 Å². The molecule has 0 radical (unpaired) electrons. The van der Waals surface area contributed by atoms with Crippen LogP contribution in [0.3, 0.4) is 0 Å². The lowest BCUT2D eigenvalue weighted by Crippen LogP contribution is -2.44. The first kappa shape index (κ1) is 23.2. The van der Waals surface area contributed by atoms with Crippen LogP contribution in [0.1, 0.15) is 47.2 Å². The molecule has 0 bridgehead atoms. The predicted molar refractivity (Wildman–Crippen MR) is 119 cm³/mol. The number of Topliss-reactive ketones (excluding diaryl/α,β-unsaturated/α-hetero) is 1. The molecule has 1 unspecified atom stereocenters. The minimum Gasteiger partial charge on any atom is -0.480 e. The average Bonchev–Trinajstić information content (AvgIpc) is 3.28. The molecule has 168 valence electrons. The Morgan fingerprint density at radius 3 is 2.41 bits per heavy atom. The fourth-order valence-electron chi connectivity index (χ4n) is 4.03. The first-order valence-electron chi connectivity index (χ1n) is 10.8. The molecule has 3 rings (SSSR count). The van der Waals surface area contributed by atoms with Crippen LogP contribution in [0.4, 0.5) is 0 Å². The highest BCUT2D eigenvalue weighted by molar-refractivity contribution is 5.99. The summed E-state index contributed by atoms with van der Waals surface area (Å²) in [6.45, 7) is 2.22. The van der Waals surface area contributed by atoms with Gasteiger partial charge in [-0.05, 0) is 43.4 Å². The number of carboxylic acid groups (broad SMARTS) is 1. The molecule has 32 heavy (non-hydrogen) atoms. The number of carbonyl (C=O) groups excluding carboxylic acids is 3. The van der Waals surface area contributed by atoms with Crippen LogP contribution in [0.15, 0.2) is 54.6 Å². The summed E-state index contributed by atoms with van der Waals surface area (Å²) in [5.74, 6) is -1.95. The molecule has 1 fully saturated rings. The number of hydrogen-bond donors (Lipinski definition) is 2. The van der Waals surface area contributed by atoms with E-state index in [1.54, 1.807) is 12.1 Å². The van der Waals surface area contributed by atoms with Gasteiger partial charge in [-0.15, -0.1) is 0 Å². The van der Waals surface area contributed by atoms with Gasteiger partial charge in [-0.1, -0.05) is 48.5 Å². The number of amides is 2. The quantitative estimate of drug-likeness (QED) is 0.629. The Balaban J connectivity index is 1.69. The molecule has 0 spiro atoms. The molecular formula is C25H28N2O5. The molecule has 1 aliphatic rings. The summed E-state index contributed by atoms with van der Waals surface area (Å²) < 4.78 is 0. The summed E-state index contributed by atoms with van der Waals surface area (Å²) in [6, 6.07) is 14.9. The summed E-state index contributed by atoms with van der Waals surface area (Å²) in [5, 5.41) is 12.1. The number of benzene rings is 2. The van der Waals surface area contributed by atoms with Gasteiger partial charge in [0.25, 0.3) is 5.91 Å². The molecule has 0 aliphatic carbocycles. The van der Waals surface area contributed by atoms with Crippen molar-refractivity contribution in [2.75, 3.05) is 6.54 Å². The molecule has 2 aromatic carbocycles. The lowest BCUT2D eigenvalue weighted by atomic mass is 9.98. The van der Waals surface area contributed by atoms with Crippen molar-refractivity contribution in [1.82, 2.24) is 10.2 Å². The summed E-state index contributed by atoms with van der Waals surface area (Å²) in [5.41, 5.74) is 2.20. The van der Waals surface area contributed by atoms with Gasteiger partial charge in [0.05, 0.1) is 6.04 Å². The van der Waals surface area contributed by atoms with Crippen LogP contribution in [-0.2, 0) is 20.8 Å². The Kier molecular flexibility index (Phi) is 7.76. The number of ketones is 1. The number of nitrogens with zero attached hydrogens (tertiary/aromatic N) is 1. The van der Waals surface area contributed by atoms with Gasteiger partial charge in [0.15, 0.2) is 5.78 Å². The SMILES string of the molecule is Cc1ccccc1C(=O)NC(Cc1ccccc1)C(=O)CCC(=O)N1CCC[C@H]1C(=O)O. The summed E-state index contributed by atoms with van der Waals surface area (Å²) in [6.07, 6.45) is 1.24. The van der Waals surface area contributed by atoms with Crippen LogP contribution in [0.2, 0.25) is 0 Å². The van der Waals surface area contributed by atoms with Crippen LogP contribution in [0.25, 0.3) is 0 Å². The third kappa shape index (κ3) is 5.81. The first-order chi connectivity index (χ1) is 15.4. The fraction of sp³-hybridized carbons (Fsp3) is 0.360. The van der Waals surface area contributed by atoms with Crippen molar-refractivity contribution >= 4 is 23.6 Å². The van der Waals surface area contributed by atoms with Gasteiger partial charge in [-0.25, -0.2) is 4.79 Å². The average molecular weight is 437 g/mol. The summed E-state index contributed by atoms with van der Waals surface area (Å²) in [7, 11) is 0. The van der Waals surface area contributed by atoms with Gasteiger partial charge >= 0.3 is 5.97 Å². The Labute approximate surface area is 187 Å². The fourth-order valence-corrected chi connectivity index (χ4v) is 4.03. The van der Waals surface area contributed by atoms with Crippen molar-refractivity contribution < 1.29 is 24.3 Å². The number of nitrogens with one attached hydrogen (secondary N) is 1. The lowest BCUT2D eigenvalue weighted by molar-refractivity contribution is -0.148. The van der Waals surface area contributed by atoms with E-state index in [0.29, 0.717) is 31.4 Å². The zero-order chi connectivity index (χ0) is 23.1. The highest BCUT2D eigenvalue weighted by atomic mass is 16.4. The van der Waals surface area contributed by atoms with E-state index in [2.05, 4.69) is 5.32 Å². The summed E-state index contributed by atoms with van der Waals surface area (Å²) >= 11 is 0. The van der Waals surface area contributed by atoms with E-state index in [-0.39, 0.29) is 30.4 Å². The number of likely N-dealkylation sites (tertiary alicyclic amines) is 1. The van der Waals surface area contributed by atoms with Crippen molar-refractivity contribution in [3.63, 3.8) is 0 Å². The molecule has 0 aromatic heterocycles. The molecular weight excluding hydrogens is 408 g/mol. The van der Waals surface area contributed by atoms with Crippen molar-refractivity contribution in [2.24, 2.45) is 0 Å². The molecule has 7 nitrogen and oxygen atoms in total. The topological polar surface area (TPSA) is 104 Å². The zero-order valence-electron chi connectivity index (χ0n) is 18.1. The number of rotatable bonds is 9. The van der Waals surface area contributed by atoms with Crippen LogP contribution in [0, 0.1) is 6.92 Å². The second kappa shape index (κ2) is 10.7. The molecule has 1 aliphatic heterocycles. The molecule has 1 heterocycles. The van der Waals surface area contributed by atoms with Crippen molar-refractivity contribution in [3.8, 4) is 0 Å². The second-order valence-corrected chi connectivity index (χ2v) is 8.08. The van der Waals surface area contributed by atoms with Crippen LogP contribution >= 0.6 is 0 Å². The van der Waals surface area contributed by atoms with Crippen molar-refractivity contribution in [1.29, 1.82) is 0 Å². The Hall–Kier alpha value is -3.48. The van der Waals surface area contributed by atoms with E-state index in [0.717, 1.165) is 11.1 Å². The molecule has 1 saturated heterocycles. The summed E-state index contributed by atoms with van der Waals surface area (Å²) in [4.78, 5) is 51.1. The van der Waals surface area contributed by atoms with Gasteiger partial charge in [0.2, 0.25) is 5.91 Å². The maximum Gasteiger partial charge on any atom is 0.326 e. The zero-order valence-corrected chi connectivity index (χ0v) is 18.1. The maximum atomic E-state index is 13.0. The number of aryl methyl sites for hydroxylation is 1. The van der Waals surface area contributed by atoms with Gasteiger partial charge in [0, 0.05) is 24.9 Å². The largest absolute Gasteiger partial charge is 0.480 e. The van der Waals surface area contributed by atoms with E-state index < -0.39 is 18.1 Å². The van der Waals surface area contributed by atoms with E-state index >= 15 is 0 Å². The third-order valence-electron chi connectivity index (χ3n) is 5.81. The molecule has 2 amide bonds. The van der Waals surface area contributed by atoms with E-state index in [1.807, 2.05) is 49.4 Å². The number of carboxylic acids is 1. The molecule has 7 heteroatoms. The van der Waals surface area contributed by atoms with Crippen LogP contribution in [0.5, 0.6) is 0 Å². The van der Waals surface area contributed by atoms with Gasteiger partial charge < -0.3 is 15.3 Å². The Morgan fingerprint density at radius 2 is 1.72 bits per heavy atom. The lowest BCUT2D eigenvalue weighted by Gasteiger charge is -2.22. The minimum absolute atomic E-state index is 0.0623. The highest BCUT2D eigenvalue weighted by Crippen LogP contribution is 2.19.